The van der Waals surface area contributed by atoms with Crippen molar-refractivity contribution in [2.24, 2.45) is 13.0 Å². The molecule has 168 valence electrons. The second-order valence-corrected chi connectivity index (χ2v) is 8.32. The van der Waals surface area contributed by atoms with E-state index in [1.807, 2.05) is 14.0 Å². The molecular formula is C22H30N4O5. The minimum absolute atomic E-state index is 0.124. The van der Waals surface area contributed by atoms with Crippen LogP contribution in [0.25, 0.3) is 11.4 Å². The maximum Gasteiger partial charge on any atom is 0.306 e. The Morgan fingerprint density at radius 3 is 2.87 bits per heavy atom. The predicted molar refractivity (Wildman–Crippen MR) is 111 cm³/mol. The van der Waals surface area contributed by atoms with Gasteiger partial charge in [0.1, 0.15) is 0 Å². The molecule has 0 radical (unpaired) electrons. The Labute approximate surface area is 181 Å². The Morgan fingerprint density at radius 1 is 1.26 bits per heavy atom. The summed E-state index contributed by atoms with van der Waals surface area (Å²) >= 11 is 0. The number of carbonyl (C=O) groups is 1. The molecule has 9 heteroatoms. The molecule has 1 aliphatic carbocycles. The number of ether oxygens (including phenoxy) is 3. The van der Waals surface area contributed by atoms with E-state index in [1.54, 1.807) is 17.1 Å². The molecule has 9 nitrogen and oxygen atoms in total. The highest BCUT2D eigenvalue weighted by molar-refractivity contribution is 5.70. The summed E-state index contributed by atoms with van der Waals surface area (Å²) in [5.74, 6) is 0.0668. The summed E-state index contributed by atoms with van der Waals surface area (Å²) in [6.45, 7) is 2.98. The number of carboxylic acid groups (broad SMARTS) is 1. The molecule has 2 fully saturated rings. The number of hydrogen-bond donors (Lipinski definition) is 1. The molecule has 1 saturated carbocycles. The fourth-order valence-corrected chi connectivity index (χ4v) is 4.19. The lowest BCUT2D eigenvalue weighted by atomic mass is 9.87. The van der Waals surface area contributed by atoms with Gasteiger partial charge in [0, 0.05) is 13.7 Å². The quantitative estimate of drug-likeness (QED) is 0.713. The first-order valence-corrected chi connectivity index (χ1v) is 11.0. The van der Waals surface area contributed by atoms with Gasteiger partial charge in [-0.2, -0.15) is 5.10 Å². The highest BCUT2D eigenvalue weighted by Crippen LogP contribution is 2.30. The average molecular weight is 431 g/mol. The second-order valence-electron chi connectivity index (χ2n) is 8.32. The van der Waals surface area contributed by atoms with Gasteiger partial charge in [0.2, 0.25) is 0 Å². The molecule has 4 rings (SSSR count). The molecule has 0 amide bonds. The van der Waals surface area contributed by atoms with Crippen molar-refractivity contribution in [3.8, 4) is 17.1 Å². The third-order valence-corrected chi connectivity index (χ3v) is 6.05. The SMILES string of the molecule is Cc1nc(-c2cnn(C)c2COC2CCCCO2)ncc1OC1CCC[C@H](C(=O)O)C1. The van der Waals surface area contributed by atoms with Crippen molar-refractivity contribution < 1.29 is 24.1 Å². The minimum Gasteiger partial charge on any atom is -0.487 e. The Balaban J connectivity index is 1.45. The molecular weight excluding hydrogens is 400 g/mol. The first kappa shape index (κ1) is 21.7. The summed E-state index contributed by atoms with van der Waals surface area (Å²) in [6.07, 6.45) is 9.13. The van der Waals surface area contributed by atoms with Crippen molar-refractivity contribution in [1.29, 1.82) is 0 Å². The molecule has 0 aromatic carbocycles. The summed E-state index contributed by atoms with van der Waals surface area (Å²) in [4.78, 5) is 20.4. The van der Waals surface area contributed by atoms with E-state index in [1.165, 1.54) is 0 Å². The Morgan fingerprint density at radius 2 is 2.13 bits per heavy atom. The van der Waals surface area contributed by atoms with Crippen LogP contribution >= 0.6 is 0 Å². The topological polar surface area (TPSA) is 109 Å². The van der Waals surface area contributed by atoms with Gasteiger partial charge >= 0.3 is 5.97 Å². The van der Waals surface area contributed by atoms with Gasteiger partial charge in [-0.1, -0.05) is 0 Å². The molecule has 0 bridgehead atoms. The predicted octanol–water partition coefficient (Wildman–Crippen LogP) is 3.25. The molecule has 0 spiro atoms. The van der Waals surface area contributed by atoms with Gasteiger partial charge < -0.3 is 19.3 Å². The maximum absolute atomic E-state index is 11.3. The Hall–Kier alpha value is -2.52. The fraction of sp³-hybridized carbons (Fsp3) is 0.636. The summed E-state index contributed by atoms with van der Waals surface area (Å²) in [5.41, 5.74) is 2.42. The highest BCUT2D eigenvalue weighted by atomic mass is 16.7. The number of nitrogens with zero attached hydrogens (tertiary/aromatic N) is 4. The molecule has 2 aromatic rings. The van der Waals surface area contributed by atoms with Crippen LogP contribution in [0.4, 0.5) is 0 Å². The van der Waals surface area contributed by atoms with Crippen LogP contribution in [0.15, 0.2) is 12.4 Å². The van der Waals surface area contributed by atoms with Crippen LogP contribution in [0.5, 0.6) is 5.75 Å². The number of aryl methyl sites for hydroxylation is 2. The molecule has 1 N–H and O–H groups in total. The number of rotatable bonds is 7. The van der Waals surface area contributed by atoms with Crippen LogP contribution in [0.3, 0.4) is 0 Å². The molecule has 1 saturated heterocycles. The molecule has 3 atom stereocenters. The summed E-state index contributed by atoms with van der Waals surface area (Å²) in [7, 11) is 1.87. The minimum atomic E-state index is -0.749. The zero-order valence-electron chi connectivity index (χ0n) is 18.1. The van der Waals surface area contributed by atoms with Crippen LogP contribution in [0.1, 0.15) is 56.3 Å². The van der Waals surface area contributed by atoms with Crippen LogP contribution in [-0.2, 0) is 27.9 Å². The molecule has 3 heterocycles. The van der Waals surface area contributed by atoms with Crippen LogP contribution in [-0.4, -0.2) is 49.8 Å². The van der Waals surface area contributed by atoms with Gasteiger partial charge in [-0.15, -0.1) is 0 Å². The summed E-state index contributed by atoms with van der Waals surface area (Å²) < 4.78 is 19.4. The number of hydrogen-bond acceptors (Lipinski definition) is 7. The first-order valence-electron chi connectivity index (χ1n) is 11.0. The van der Waals surface area contributed by atoms with Crippen LogP contribution in [0, 0.1) is 12.8 Å². The van der Waals surface area contributed by atoms with Crippen LogP contribution < -0.4 is 4.74 Å². The normalized spacial score (nSPS) is 24.1. The van der Waals surface area contributed by atoms with Gasteiger partial charge in [-0.25, -0.2) is 9.97 Å². The maximum atomic E-state index is 11.3. The van der Waals surface area contributed by atoms with Gasteiger partial charge in [0.25, 0.3) is 0 Å². The largest absolute Gasteiger partial charge is 0.487 e. The van der Waals surface area contributed by atoms with Crippen molar-refractivity contribution in [2.75, 3.05) is 6.61 Å². The van der Waals surface area contributed by atoms with Crippen LogP contribution in [0.2, 0.25) is 0 Å². The van der Waals surface area contributed by atoms with Crippen molar-refractivity contribution in [3.63, 3.8) is 0 Å². The van der Waals surface area contributed by atoms with Crippen molar-refractivity contribution in [3.05, 3.63) is 23.8 Å². The van der Waals surface area contributed by atoms with Gasteiger partial charge in [-0.3, -0.25) is 9.48 Å². The van der Waals surface area contributed by atoms with E-state index in [4.69, 9.17) is 14.2 Å². The molecule has 2 aromatic heterocycles. The van der Waals surface area contributed by atoms with E-state index < -0.39 is 5.97 Å². The van der Waals surface area contributed by atoms with E-state index >= 15 is 0 Å². The number of carboxylic acids is 1. The smallest absolute Gasteiger partial charge is 0.306 e. The number of aliphatic carboxylic acids is 1. The zero-order valence-corrected chi connectivity index (χ0v) is 18.1. The van der Waals surface area contributed by atoms with Crippen molar-refractivity contribution >= 4 is 5.97 Å². The molecule has 2 unspecified atom stereocenters. The van der Waals surface area contributed by atoms with E-state index in [0.29, 0.717) is 36.7 Å². The van der Waals surface area contributed by atoms with E-state index in [-0.39, 0.29) is 18.3 Å². The highest BCUT2D eigenvalue weighted by Gasteiger charge is 2.28. The monoisotopic (exact) mass is 430 g/mol. The Kier molecular flexibility index (Phi) is 6.82. The summed E-state index contributed by atoms with van der Waals surface area (Å²) in [5, 5.41) is 13.6. The fourth-order valence-electron chi connectivity index (χ4n) is 4.19. The van der Waals surface area contributed by atoms with Crippen molar-refractivity contribution in [2.45, 2.75) is 70.9 Å². The van der Waals surface area contributed by atoms with E-state index in [0.717, 1.165) is 50.0 Å². The lowest BCUT2D eigenvalue weighted by Gasteiger charge is -2.27. The van der Waals surface area contributed by atoms with Gasteiger partial charge in [0.15, 0.2) is 17.9 Å². The molecule has 2 aliphatic rings. The number of aromatic nitrogens is 4. The van der Waals surface area contributed by atoms with E-state index in [9.17, 15) is 9.90 Å². The van der Waals surface area contributed by atoms with Gasteiger partial charge in [-0.05, 0) is 51.9 Å². The third kappa shape index (κ3) is 5.22. The standard InChI is InChI=1S/C22H30N4O5/c1-14-19(31-16-7-5-6-15(10-16)22(27)28)12-23-21(25-14)17-11-24-26(2)18(17)13-30-20-8-3-4-9-29-20/h11-12,15-16,20H,3-10,13H2,1-2H3,(H,27,28)/t15-,16?,20?/m0/s1. The zero-order chi connectivity index (χ0) is 21.8. The lowest BCUT2D eigenvalue weighted by molar-refractivity contribution is -0.169. The molecule has 31 heavy (non-hydrogen) atoms. The molecule has 1 aliphatic heterocycles. The third-order valence-electron chi connectivity index (χ3n) is 6.05. The van der Waals surface area contributed by atoms with E-state index in [2.05, 4.69) is 15.1 Å². The second kappa shape index (κ2) is 9.74. The summed E-state index contributed by atoms with van der Waals surface area (Å²) in [6, 6.07) is 0. The van der Waals surface area contributed by atoms with Gasteiger partial charge in [0.05, 0.1) is 48.0 Å². The lowest BCUT2D eigenvalue weighted by Crippen LogP contribution is -2.29. The van der Waals surface area contributed by atoms with Crippen molar-refractivity contribution in [1.82, 2.24) is 19.7 Å². The first-order chi connectivity index (χ1) is 15.0. The Bertz CT molecular complexity index is 909. The average Bonchev–Trinajstić information content (AvgIpc) is 3.15.